The SMILES string of the molecule is Cc1ccc(C2=NC3(CCN(Cc4c(F)cccc4Cl)CC3)NC2=O)cc1C. The number of hydrogen-bond acceptors (Lipinski definition) is 3. The number of halogens is 2. The van der Waals surface area contributed by atoms with Crippen molar-refractivity contribution in [3.8, 4) is 0 Å². The number of piperidine rings is 1. The molecule has 1 amide bonds. The number of nitrogens with one attached hydrogen (secondary N) is 1. The van der Waals surface area contributed by atoms with E-state index in [-0.39, 0.29) is 11.7 Å². The molecule has 2 aromatic carbocycles. The lowest BCUT2D eigenvalue weighted by atomic mass is 9.97. The van der Waals surface area contributed by atoms with Crippen LogP contribution in [0.2, 0.25) is 5.02 Å². The normalized spacial score (nSPS) is 19.0. The average molecular weight is 400 g/mol. The standard InChI is InChI=1S/C22H23ClFN3O/c1-14-6-7-16(12-15(14)2)20-21(28)26-22(25-20)8-10-27(11-9-22)13-17-18(23)4-3-5-19(17)24/h3-7,12H,8-11,13H2,1-2H3,(H,26,28). The zero-order valence-corrected chi connectivity index (χ0v) is 16.8. The van der Waals surface area contributed by atoms with Gasteiger partial charge in [-0.15, -0.1) is 0 Å². The first kappa shape index (κ1) is 19.1. The molecule has 2 aliphatic heterocycles. The summed E-state index contributed by atoms with van der Waals surface area (Å²) in [5.41, 5.74) is 3.67. The largest absolute Gasteiger partial charge is 0.326 e. The lowest BCUT2D eigenvalue weighted by Crippen LogP contribution is -2.50. The third-order valence-electron chi connectivity index (χ3n) is 5.79. The molecule has 0 radical (unpaired) electrons. The zero-order valence-electron chi connectivity index (χ0n) is 16.1. The lowest BCUT2D eigenvalue weighted by molar-refractivity contribution is -0.115. The van der Waals surface area contributed by atoms with Gasteiger partial charge in [0.15, 0.2) is 0 Å². The molecule has 1 saturated heterocycles. The van der Waals surface area contributed by atoms with Gasteiger partial charge in [0.25, 0.3) is 5.91 Å². The first-order chi connectivity index (χ1) is 13.4. The molecule has 0 saturated carbocycles. The molecule has 2 aromatic rings. The fraction of sp³-hybridized carbons (Fsp3) is 0.364. The highest BCUT2D eigenvalue weighted by Gasteiger charge is 2.42. The Hall–Kier alpha value is -2.24. The highest BCUT2D eigenvalue weighted by molar-refractivity contribution is 6.46. The molecule has 1 N–H and O–H groups in total. The molecule has 4 rings (SSSR count). The molecule has 2 aliphatic rings. The Morgan fingerprint density at radius 2 is 1.93 bits per heavy atom. The maximum absolute atomic E-state index is 14.1. The van der Waals surface area contributed by atoms with Crippen molar-refractivity contribution in [2.75, 3.05) is 13.1 Å². The second-order valence-corrected chi connectivity index (χ2v) is 8.13. The van der Waals surface area contributed by atoms with Gasteiger partial charge in [-0.25, -0.2) is 4.39 Å². The van der Waals surface area contributed by atoms with E-state index in [9.17, 15) is 9.18 Å². The minimum atomic E-state index is -0.555. The third-order valence-corrected chi connectivity index (χ3v) is 6.15. The van der Waals surface area contributed by atoms with E-state index in [1.54, 1.807) is 12.1 Å². The van der Waals surface area contributed by atoms with Crippen LogP contribution in [0.15, 0.2) is 41.4 Å². The Morgan fingerprint density at radius 3 is 2.61 bits per heavy atom. The van der Waals surface area contributed by atoms with Crippen molar-refractivity contribution in [2.24, 2.45) is 4.99 Å². The number of likely N-dealkylation sites (tertiary alicyclic amines) is 1. The number of aliphatic imine (C=N–C) groups is 1. The number of aryl methyl sites for hydroxylation is 2. The number of carbonyl (C=O) groups is 1. The number of carbonyl (C=O) groups excluding carboxylic acids is 1. The van der Waals surface area contributed by atoms with E-state index < -0.39 is 5.66 Å². The molecule has 0 bridgehead atoms. The van der Waals surface area contributed by atoms with E-state index in [0.29, 0.717) is 48.8 Å². The molecule has 6 heteroatoms. The van der Waals surface area contributed by atoms with Gasteiger partial charge in [0.1, 0.15) is 17.2 Å². The van der Waals surface area contributed by atoms with Crippen LogP contribution in [0.3, 0.4) is 0 Å². The smallest absolute Gasteiger partial charge is 0.272 e. The van der Waals surface area contributed by atoms with Crippen molar-refractivity contribution in [3.05, 3.63) is 69.5 Å². The highest BCUT2D eigenvalue weighted by atomic mass is 35.5. The number of rotatable bonds is 3. The van der Waals surface area contributed by atoms with Gasteiger partial charge in [0, 0.05) is 48.6 Å². The summed E-state index contributed by atoms with van der Waals surface area (Å²) in [5, 5.41) is 3.54. The van der Waals surface area contributed by atoms with Gasteiger partial charge in [-0.2, -0.15) is 0 Å². The number of benzene rings is 2. The summed E-state index contributed by atoms with van der Waals surface area (Å²) >= 11 is 6.15. The van der Waals surface area contributed by atoms with Crippen molar-refractivity contribution in [3.63, 3.8) is 0 Å². The second kappa shape index (κ2) is 7.30. The van der Waals surface area contributed by atoms with Crippen LogP contribution in [0.1, 0.15) is 35.1 Å². The summed E-state index contributed by atoms with van der Waals surface area (Å²) in [7, 11) is 0. The Balaban J connectivity index is 1.48. The van der Waals surface area contributed by atoms with Crippen LogP contribution < -0.4 is 5.32 Å². The molecule has 4 nitrogen and oxygen atoms in total. The molecule has 2 heterocycles. The van der Waals surface area contributed by atoms with Crippen molar-refractivity contribution >= 4 is 23.2 Å². The quantitative estimate of drug-likeness (QED) is 0.847. The first-order valence-electron chi connectivity index (χ1n) is 9.52. The summed E-state index contributed by atoms with van der Waals surface area (Å²) in [6.07, 6.45) is 1.39. The van der Waals surface area contributed by atoms with E-state index in [2.05, 4.69) is 17.1 Å². The number of nitrogens with zero attached hydrogens (tertiary/aromatic N) is 2. The van der Waals surface area contributed by atoms with Gasteiger partial charge in [0.2, 0.25) is 0 Å². The summed E-state index contributed by atoms with van der Waals surface area (Å²) in [6.45, 7) is 5.98. The van der Waals surface area contributed by atoms with Crippen LogP contribution >= 0.6 is 11.6 Å². The fourth-order valence-electron chi connectivity index (χ4n) is 3.87. The molecule has 1 spiro atoms. The van der Waals surface area contributed by atoms with Gasteiger partial charge < -0.3 is 5.32 Å². The lowest BCUT2D eigenvalue weighted by Gasteiger charge is -2.37. The highest BCUT2D eigenvalue weighted by Crippen LogP contribution is 2.31. The van der Waals surface area contributed by atoms with E-state index in [4.69, 9.17) is 16.6 Å². The van der Waals surface area contributed by atoms with E-state index >= 15 is 0 Å². The summed E-state index contributed by atoms with van der Waals surface area (Å²) in [4.78, 5) is 19.5. The van der Waals surface area contributed by atoms with Gasteiger partial charge in [0.05, 0.1) is 0 Å². The van der Waals surface area contributed by atoms with Crippen molar-refractivity contribution in [1.29, 1.82) is 0 Å². The monoisotopic (exact) mass is 399 g/mol. The van der Waals surface area contributed by atoms with Crippen LogP contribution in [-0.2, 0) is 11.3 Å². The molecule has 1 fully saturated rings. The van der Waals surface area contributed by atoms with Crippen molar-refractivity contribution in [2.45, 2.75) is 38.9 Å². The van der Waals surface area contributed by atoms with Crippen molar-refractivity contribution in [1.82, 2.24) is 10.2 Å². The maximum Gasteiger partial charge on any atom is 0.272 e. The predicted molar refractivity (Wildman–Crippen MR) is 109 cm³/mol. The predicted octanol–water partition coefficient (Wildman–Crippen LogP) is 4.01. The van der Waals surface area contributed by atoms with E-state index in [1.165, 1.54) is 11.6 Å². The third kappa shape index (κ3) is 3.56. The molecule has 146 valence electrons. The van der Waals surface area contributed by atoms with Crippen LogP contribution in [-0.4, -0.2) is 35.3 Å². The Bertz CT molecular complexity index is 944. The first-order valence-corrected chi connectivity index (χ1v) is 9.90. The molecule has 28 heavy (non-hydrogen) atoms. The van der Waals surface area contributed by atoms with E-state index in [0.717, 1.165) is 11.1 Å². The van der Waals surface area contributed by atoms with E-state index in [1.807, 2.05) is 25.1 Å². The molecule has 0 aromatic heterocycles. The Labute approximate surface area is 169 Å². The minimum Gasteiger partial charge on any atom is -0.326 e. The molecular formula is C22H23ClFN3O. The maximum atomic E-state index is 14.1. The molecule has 0 unspecified atom stereocenters. The van der Waals surface area contributed by atoms with Gasteiger partial charge in [-0.3, -0.25) is 14.7 Å². The van der Waals surface area contributed by atoms with Crippen LogP contribution in [0, 0.1) is 19.7 Å². The van der Waals surface area contributed by atoms with Crippen molar-refractivity contribution < 1.29 is 9.18 Å². The average Bonchev–Trinajstić information content (AvgIpc) is 2.98. The van der Waals surface area contributed by atoms with Gasteiger partial charge >= 0.3 is 0 Å². The Morgan fingerprint density at radius 1 is 1.18 bits per heavy atom. The van der Waals surface area contributed by atoms with Crippen LogP contribution in [0.25, 0.3) is 0 Å². The van der Waals surface area contributed by atoms with Crippen LogP contribution in [0.4, 0.5) is 4.39 Å². The fourth-order valence-corrected chi connectivity index (χ4v) is 4.10. The minimum absolute atomic E-state index is 0.117. The Kier molecular flexibility index (Phi) is 4.98. The second-order valence-electron chi connectivity index (χ2n) is 7.72. The zero-order chi connectivity index (χ0) is 19.9. The molecule has 0 aliphatic carbocycles. The summed E-state index contributed by atoms with van der Waals surface area (Å²) in [5.74, 6) is -0.397. The number of amides is 1. The topological polar surface area (TPSA) is 44.7 Å². The van der Waals surface area contributed by atoms with Gasteiger partial charge in [-0.05, 0) is 43.2 Å². The molecular weight excluding hydrogens is 377 g/mol. The number of hydrogen-bond donors (Lipinski definition) is 1. The van der Waals surface area contributed by atoms with Crippen LogP contribution in [0.5, 0.6) is 0 Å². The summed E-state index contributed by atoms with van der Waals surface area (Å²) < 4.78 is 14.1. The summed E-state index contributed by atoms with van der Waals surface area (Å²) in [6, 6.07) is 10.7. The van der Waals surface area contributed by atoms with Gasteiger partial charge in [-0.1, -0.05) is 29.8 Å². The molecule has 0 atom stereocenters.